The predicted molar refractivity (Wildman–Crippen MR) is 258 cm³/mol. The van der Waals surface area contributed by atoms with Gasteiger partial charge in [-0.15, -0.1) is 5.75 Å². The molecule has 0 saturated heterocycles. The molecular formula is C58H57NO4. The van der Waals surface area contributed by atoms with E-state index in [1.54, 1.807) is 24.3 Å². The first-order valence-corrected chi connectivity index (χ1v) is 21.6. The van der Waals surface area contributed by atoms with Crippen LogP contribution in [0.1, 0.15) is 72.3 Å². The number of benzene rings is 8. The molecule has 0 saturated carbocycles. The molecular weight excluding hydrogens is 775 g/mol. The van der Waals surface area contributed by atoms with Gasteiger partial charge in [0.15, 0.2) is 0 Å². The lowest BCUT2D eigenvalue weighted by Gasteiger charge is -2.37. The molecule has 0 spiro atoms. The Bertz CT molecular complexity index is 2650. The van der Waals surface area contributed by atoms with Crippen molar-refractivity contribution in [1.29, 1.82) is 0 Å². The number of phenols is 3. The fraction of sp³-hybridized carbons (Fsp3) is 0.172. The highest BCUT2D eigenvalue weighted by Gasteiger charge is 2.39. The van der Waals surface area contributed by atoms with Crippen LogP contribution in [-0.2, 0) is 19.3 Å². The van der Waals surface area contributed by atoms with E-state index < -0.39 is 0 Å². The van der Waals surface area contributed by atoms with Crippen LogP contribution in [0, 0.1) is 48.5 Å². The molecule has 63 heavy (non-hydrogen) atoms. The molecule has 318 valence electrons. The average molecular weight is 832 g/mol. The third kappa shape index (κ3) is 9.86. The first kappa shape index (κ1) is 44.0. The Kier molecular flexibility index (Phi) is 13.2. The van der Waals surface area contributed by atoms with Crippen LogP contribution in [0.25, 0.3) is 0 Å². The van der Waals surface area contributed by atoms with Gasteiger partial charge in [0.2, 0.25) is 0 Å². The number of nitrogens with zero attached hydrogens (tertiary/aromatic N) is 1. The van der Waals surface area contributed by atoms with E-state index in [1.165, 1.54) is 45.0 Å². The molecule has 0 aliphatic heterocycles. The molecule has 0 bridgehead atoms. The van der Waals surface area contributed by atoms with Crippen molar-refractivity contribution in [3.8, 4) is 23.0 Å². The van der Waals surface area contributed by atoms with E-state index >= 15 is 0 Å². The summed E-state index contributed by atoms with van der Waals surface area (Å²) in [5, 5.41) is 44.7. The lowest BCUT2D eigenvalue weighted by Crippen LogP contribution is -2.33. The number of phenolic OH excluding ortho intramolecular Hbond substituents is 3. The van der Waals surface area contributed by atoms with Gasteiger partial charge in [-0.3, -0.25) is 0 Å². The first-order valence-electron chi connectivity index (χ1n) is 21.6. The third-order valence-electron chi connectivity index (χ3n) is 11.9. The number of aromatic hydroxyl groups is 3. The highest BCUT2D eigenvalue weighted by Crippen LogP contribution is 2.51. The van der Waals surface area contributed by atoms with Crippen LogP contribution in [0.15, 0.2) is 164 Å². The number of rotatable bonds is 10. The summed E-state index contributed by atoms with van der Waals surface area (Å²) >= 11 is 0. The van der Waals surface area contributed by atoms with Crippen LogP contribution in [0.2, 0.25) is 0 Å². The minimum absolute atomic E-state index is 0.0813. The Hall–Kier alpha value is -7.08. The van der Waals surface area contributed by atoms with Crippen molar-refractivity contribution in [2.24, 2.45) is 0 Å². The van der Waals surface area contributed by atoms with Crippen LogP contribution in [0.5, 0.6) is 23.0 Å². The summed E-state index contributed by atoms with van der Waals surface area (Å²) in [6.07, 6.45) is 1.04. The number of quaternary nitrogens is 1. The van der Waals surface area contributed by atoms with Gasteiger partial charge in [0.25, 0.3) is 0 Å². The molecule has 8 aromatic carbocycles. The Morgan fingerprint density at radius 3 is 0.968 bits per heavy atom. The Morgan fingerprint density at radius 2 is 0.619 bits per heavy atom. The second-order valence-electron chi connectivity index (χ2n) is 17.1. The van der Waals surface area contributed by atoms with Crippen molar-refractivity contribution in [3.05, 3.63) is 236 Å². The number of hydrogen-bond donors (Lipinski definition) is 3. The molecule has 0 heterocycles. The lowest BCUT2D eigenvalue weighted by molar-refractivity contribution is -0.270. The fourth-order valence-corrected chi connectivity index (χ4v) is 8.42. The van der Waals surface area contributed by atoms with Crippen molar-refractivity contribution >= 4 is 22.7 Å². The predicted octanol–water partition coefficient (Wildman–Crippen LogP) is 13.8. The largest absolute Gasteiger partial charge is 0.872 e. The van der Waals surface area contributed by atoms with Gasteiger partial charge in [-0.05, 0) is 82.9 Å². The third-order valence-corrected chi connectivity index (χ3v) is 11.9. The number of hydrogen-bond acceptors (Lipinski definition) is 4. The molecule has 3 N–H and O–H groups in total. The average Bonchev–Trinajstić information content (AvgIpc) is 3.26. The van der Waals surface area contributed by atoms with Gasteiger partial charge in [-0.2, -0.15) is 4.48 Å². The normalized spacial score (nSPS) is 11.2. The maximum absolute atomic E-state index is 13.2. The van der Waals surface area contributed by atoms with Crippen molar-refractivity contribution in [2.45, 2.75) is 67.7 Å². The van der Waals surface area contributed by atoms with Crippen LogP contribution in [0.4, 0.5) is 22.7 Å². The summed E-state index contributed by atoms with van der Waals surface area (Å²) in [5.74, 6) is 0.438. The van der Waals surface area contributed by atoms with Crippen LogP contribution >= 0.6 is 0 Å². The van der Waals surface area contributed by atoms with Crippen LogP contribution in [0.3, 0.4) is 0 Å². The van der Waals surface area contributed by atoms with Crippen molar-refractivity contribution in [3.63, 3.8) is 0 Å². The standard InChI is InChI=1S/C30H30O4.C28H28N/c1-18-7-9-27(31)23(11-18)15-21-5-4-6-22(29(21)33)16-25-13-20(3)14-26(30(25)34)17-24-12-19(2)8-10-28(24)32;1-21-5-13-25(14-6-21)29(26-15-7-22(2)8-16-26,27-17-9-23(3)10-18-27)28-19-11-24(4)12-20-28/h4-14,31-34H,15-17H2,1-3H3;5-20H,1-4H3/q;+1/p-1. The highest BCUT2D eigenvalue weighted by molar-refractivity contribution is 5.81. The molecule has 0 aromatic heterocycles. The maximum atomic E-state index is 13.2. The van der Waals surface area contributed by atoms with Gasteiger partial charge in [0, 0.05) is 67.8 Å². The molecule has 8 rings (SSSR count). The van der Waals surface area contributed by atoms with Gasteiger partial charge in [0.05, 0.1) is 0 Å². The summed E-state index contributed by atoms with van der Waals surface area (Å²) < 4.78 is 0.557. The Labute approximate surface area is 373 Å². The zero-order chi connectivity index (χ0) is 44.8. The molecule has 0 radical (unpaired) electrons. The van der Waals surface area contributed by atoms with E-state index in [4.69, 9.17) is 0 Å². The summed E-state index contributed by atoms with van der Waals surface area (Å²) in [4.78, 5) is 0. The smallest absolute Gasteiger partial charge is 0.148 e. The molecule has 0 aliphatic rings. The molecule has 5 heteroatoms. The Morgan fingerprint density at radius 1 is 0.333 bits per heavy atom. The zero-order valence-electron chi connectivity index (χ0n) is 37.4. The quantitative estimate of drug-likeness (QED) is 0.120. The summed E-state index contributed by atoms with van der Waals surface area (Å²) in [7, 11) is 0. The molecule has 0 fully saturated rings. The molecule has 0 atom stereocenters. The lowest BCUT2D eigenvalue weighted by atomic mass is 9.93. The van der Waals surface area contributed by atoms with E-state index in [1.807, 2.05) is 63.2 Å². The number of aryl methyl sites for hydroxylation is 7. The molecule has 8 aromatic rings. The van der Waals surface area contributed by atoms with Gasteiger partial charge < -0.3 is 20.4 Å². The Balaban J connectivity index is 0.000000191. The summed E-state index contributed by atoms with van der Waals surface area (Å²) in [6, 6.07) is 55.8. The SMILES string of the molecule is Cc1ccc(O)c(Cc2cccc(Cc3cc(C)cc(Cc4cc(C)ccc4O)c3O)c2[O-])c1.Cc1ccc([N+](c2ccc(C)cc2)(c2ccc(C)cc2)c2ccc(C)cc2)cc1. The molecule has 0 amide bonds. The minimum Gasteiger partial charge on any atom is -0.872 e. The molecule has 0 unspecified atom stereocenters. The van der Waals surface area contributed by atoms with Crippen molar-refractivity contribution < 1.29 is 20.4 Å². The van der Waals surface area contributed by atoms with Gasteiger partial charge in [-0.25, -0.2) is 0 Å². The van der Waals surface area contributed by atoms with Gasteiger partial charge >= 0.3 is 0 Å². The number of para-hydroxylation sites is 1. The second-order valence-corrected chi connectivity index (χ2v) is 17.1. The van der Waals surface area contributed by atoms with E-state index in [2.05, 4.69) is 125 Å². The monoisotopic (exact) mass is 831 g/mol. The van der Waals surface area contributed by atoms with Gasteiger partial charge in [-0.1, -0.05) is 153 Å². The second kappa shape index (κ2) is 18.9. The van der Waals surface area contributed by atoms with Crippen molar-refractivity contribution in [2.75, 3.05) is 0 Å². The summed E-state index contributed by atoms with van der Waals surface area (Å²) in [5.41, 5.74) is 17.1. The fourth-order valence-electron chi connectivity index (χ4n) is 8.42. The van der Waals surface area contributed by atoms with E-state index in [0.717, 1.165) is 22.3 Å². The zero-order valence-corrected chi connectivity index (χ0v) is 37.4. The van der Waals surface area contributed by atoms with E-state index in [9.17, 15) is 20.4 Å². The van der Waals surface area contributed by atoms with E-state index in [0.29, 0.717) is 51.6 Å². The summed E-state index contributed by atoms with van der Waals surface area (Å²) in [6.45, 7) is 14.4. The van der Waals surface area contributed by atoms with Crippen LogP contribution in [-0.4, -0.2) is 15.3 Å². The molecule has 5 nitrogen and oxygen atoms in total. The van der Waals surface area contributed by atoms with Crippen LogP contribution < -0.4 is 9.59 Å². The highest BCUT2D eigenvalue weighted by atomic mass is 16.3. The minimum atomic E-state index is -0.0813. The maximum Gasteiger partial charge on any atom is 0.148 e. The molecule has 0 aliphatic carbocycles. The first-order chi connectivity index (χ1) is 30.2. The topological polar surface area (TPSA) is 83.8 Å². The van der Waals surface area contributed by atoms with Gasteiger partial charge in [0.1, 0.15) is 40.0 Å². The van der Waals surface area contributed by atoms with Crippen molar-refractivity contribution in [1.82, 2.24) is 4.48 Å². The van der Waals surface area contributed by atoms with E-state index in [-0.39, 0.29) is 23.0 Å².